The van der Waals surface area contributed by atoms with Crippen molar-refractivity contribution in [1.29, 1.82) is 0 Å². The minimum Gasteiger partial charge on any atom is -0.396 e. The van der Waals surface area contributed by atoms with E-state index in [-0.39, 0.29) is 48.6 Å². The molecule has 3 amide bonds. The molecule has 3 fully saturated rings. The van der Waals surface area contributed by atoms with E-state index in [2.05, 4.69) is 20.1 Å². The summed E-state index contributed by atoms with van der Waals surface area (Å²) >= 11 is 7.79. The van der Waals surface area contributed by atoms with Crippen LogP contribution in [0.1, 0.15) is 25.3 Å². The van der Waals surface area contributed by atoms with Crippen LogP contribution in [0.3, 0.4) is 0 Å². The number of hydrogen-bond acceptors (Lipinski definition) is 5. The molecule has 0 saturated carbocycles. The van der Waals surface area contributed by atoms with Crippen LogP contribution in [0.2, 0.25) is 5.02 Å². The van der Waals surface area contributed by atoms with Gasteiger partial charge >= 0.3 is 0 Å². The van der Waals surface area contributed by atoms with Crippen molar-refractivity contribution >= 4 is 46.8 Å². The average Bonchev–Trinajstić information content (AvgIpc) is 3.58. The molecule has 6 atom stereocenters. The number of benzene rings is 2. The van der Waals surface area contributed by atoms with E-state index in [1.54, 1.807) is 62.9 Å². The predicted molar refractivity (Wildman–Crippen MR) is 168 cm³/mol. The molecular formula is C33H38ClN3O4S. The first-order valence-corrected chi connectivity index (χ1v) is 15.7. The first kappa shape index (κ1) is 30.4. The van der Waals surface area contributed by atoms with Crippen molar-refractivity contribution in [1.82, 2.24) is 9.80 Å². The molecule has 9 heteroatoms. The van der Waals surface area contributed by atoms with Crippen LogP contribution >= 0.6 is 23.4 Å². The number of rotatable bonds is 12. The maximum absolute atomic E-state index is 14.6. The molecule has 5 rings (SSSR count). The Morgan fingerprint density at radius 3 is 2.43 bits per heavy atom. The SMILES string of the molecule is C=CCN(Cc1ccccc1)C(=O)[C@@H]1[C@@H]2CC(C)C3(S2)C(C(=O)N(CC=C)c2ccc(Cl)cc2)N(CCCO)C(=O)[C@H]13. The monoisotopic (exact) mass is 607 g/mol. The first-order valence-electron chi connectivity index (χ1n) is 14.5. The number of fused-ring (bicyclic) bond motifs is 1. The van der Waals surface area contributed by atoms with E-state index in [0.717, 1.165) is 12.0 Å². The van der Waals surface area contributed by atoms with Gasteiger partial charge in [-0.3, -0.25) is 14.4 Å². The van der Waals surface area contributed by atoms with Crippen molar-refractivity contribution in [2.75, 3.05) is 31.1 Å². The van der Waals surface area contributed by atoms with Crippen molar-refractivity contribution in [3.63, 3.8) is 0 Å². The van der Waals surface area contributed by atoms with Gasteiger partial charge in [-0.1, -0.05) is 61.0 Å². The third-order valence-electron chi connectivity index (χ3n) is 8.92. The lowest BCUT2D eigenvalue weighted by Gasteiger charge is -2.41. The number of thioether (sulfide) groups is 1. The smallest absolute Gasteiger partial charge is 0.251 e. The van der Waals surface area contributed by atoms with Gasteiger partial charge in [0.15, 0.2) is 0 Å². The number of amides is 3. The molecule has 0 aliphatic carbocycles. The van der Waals surface area contributed by atoms with Crippen molar-refractivity contribution in [3.8, 4) is 0 Å². The van der Waals surface area contributed by atoms with Gasteiger partial charge in [-0.2, -0.15) is 0 Å². The van der Waals surface area contributed by atoms with E-state index in [9.17, 15) is 19.5 Å². The number of hydrogen-bond donors (Lipinski definition) is 1. The van der Waals surface area contributed by atoms with Gasteiger partial charge in [0.1, 0.15) is 6.04 Å². The summed E-state index contributed by atoms with van der Waals surface area (Å²) in [5, 5.41) is 10.2. The minimum atomic E-state index is -0.776. The lowest BCUT2D eigenvalue weighted by Crippen LogP contribution is -2.57. The lowest BCUT2D eigenvalue weighted by atomic mass is 9.65. The molecule has 1 spiro atoms. The Labute approximate surface area is 257 Å². The van der Waals surface area contributed by atoms with Gasteiger partial charge in [-0.15, -0.1) is 24.9 Å². The zero-order chi connectivity index (χ0) is 30.0. The highest BCUT2D eigenvalue weighted by molar-refractivity contribution is 8.02. The van der Waals surface area contributed by atoms with E-state index in [0.29, 0.717) is 30.2 Å². The van der Waals surface area contributed by atoms with Crippen molar-refractivity contribution in [2.24, 2.45) is 17.8 Å². The molecule has 222 valence electrons. The first-order chi connectivity index (χ1) is 20.3. The summed E-state index contributed by atoms with van der Waals surface area (Å²) in [7, 11) is 0. The van der Waals surface area contributed by atoms with Crippen LogP contribution in [0, 0.1) is 17.8 Å². The van der Waals surface area contributed by atoms with Crippen molar-refractivity contribution in [3.05, 3.63) is 90.5 Å². The second-order valence-electron chi connectivity index (χ2n) is 11.4. The average molecular weight is 608 g/mol. The van der Waals surface area contributed by atoms with Gasteiger partial charge in [0.05, 0.1) is 16.6 Å². The molecule has 7 nitrogen and oxygen atoms in total. The van der Waals surface area contributed by atoms with Gasteiger partial charge in [0.25, 0.3) is 5.91 Å². The molecule has 0 aromatic heterocycles. The molecule has 2 bridgehead atoms. The predicted octanol–water partition coefficient (Wildman–Crippen LogP) is 4.79. The Bertz CT molecular complexity index is 1340. The molecular weight excluding hydrogens is 570 g/mol. The van der Waals surface area contributed by atoms with Gasteiger partial charge in [-0.25, -0.2) is 0 Å². The fraction of sp³-hybridized carbons (Fsp3) is 0.424. The Morgan fingerprint density at radius 1 is 1.10 bits per heavy atom. The minimum absolute atomic E-state index is 0.0383. The zero-order valence-electron chi connectivity index (χ0n) is 23.9. The second-order valence-corrected chi connectivity index (χ2v) is 13.4. The number of nitrogens with zero attached hydrogens (tertiary/aromatic N) is 3. The van der Waals surface area contributed by atoms with Gasteiger partial charge in [0.2, 0.25) is 11.8 Å². The fourth-order valence-electron chi connectivity index (χ4n) is 7.19. The molecule has 42 heavy (non-hydrogen) atoms. The summed E-state index contributed by atoms with van der Waals surface area (Å²) in [5.74, 6) is -1.58. The van der Waals surface area contributed by atoms with Crippen LogP contribution in [0.25, 0.3) is 0 Å². The van der Waals surface area contributed by atoms with E-state index < -0.39 is 22.6 Å². The molecule has 3 aliphatic heterocycles. The number of likely N-dealkylation sites (tertiary alicyclic amines) is 1. The standard InChI is InChI=1S/C33H38ClN3O4S/c1-4-16-35(21-23-10-7-6-8-11-23)30(39)27-26-20-22(3)33(42-26)28(27)31(40)37(18-9-19-38)29(33)32(41)36(17-5-2)25-14-12-24(34)13-15-25/h4-8,10-15,22,26-29,38H,1-2,9,16-21H2,3H3/t22?,26-,27+,28-,29?,33?/m0/s1. The third-order valence-corrected chi connectivity index (χ3v) is 11.2. The van der Waals surface area contributed by atoms with Crippen LogP contribution in [-0.2, 0) is 20.9 Å². The van der Waals surface area contributed by atoms with Gasteiger partial charge < -0.3 is 19.8 Å². The van der Waals surface area contributed by atoms with Crippen LogP contribution < -0.4 is 4.90 Å². The quantitative estimate of drug-likeness (QED) is 0.351. The number of carbonyl (C=O) groups is 3. The van der Waals surface area contributed by atoms with E-state index in [4.69, 9.17) is 11.6 Å². The molecule has 2 aromatic carbocycles. The van der Waals surface area contributed by atoms with Gasteiger partial charge in [0, 0.05) is 48.7 Å². The summed E-state index contributed by atoms with van der Waals surface area (Å²) in [5.41, 5.74) is 1.67. The molecule has 3 unspecified atom stereocenters. The maximum atomic E-state index is 14.6. The zero-order valence-corrected chi connectivity index (χ0v) is 25.5. The highest BCUT2D eigenvalue weighted by Gasteiger charge is 2.76. The molecule has 3 aliphatic rings. The molecule has 3 saturated heterocycles. The summed E-state index contributed by atoms with van der Waals surface area (Å²) in [4.78, 5) is 48.4. The summed E-state index contributed by atoms with van der Waals surface area (Å²) in [6, 6.07) is 16.1. The third kappa shape index (κ3) is 5.18. The number of halogens is 1. The highest BCUT2D eigenvalue weighted by Crippen LogP contribution is 2.69. The van der Waals surface area contributed by atoms with E-state index in [1.165, 1.54) is 0 Å². The summed E-state index contributed by atoms with van der Waals surface area (Å²) < 4.78 is -0.757. The second kappa shape index (κ2) is 12.7. The summed E-state index contributed by atoms with van der Waals surface area (Å²) in [6.07, 6.45) is 4.48. The van der Waals surface area contributed by atoms with Crippen LogP contribution in [-0.4, -0.2) is 74.9 Å². The van der Waals surface area contributed by atoms with E-state index in [1.807, 2.05) is 30.3 Å². The lowest BCUT2D eigenvalue weighted by molar-refractivity contribution is -0.144. The van der Waals surface area contributed by atoms with Crippen molar-refractivity contribution < 1.29 is 19.5 Å². The topological polar surface area (TPSA) is 81.2 Å². The molecule has 0 radical (unpaired) electrons. The Morgan fingerprint density at radius 2 is 1.79 bits per heavy atom. The number of aliphatic hydroxyl groups excluding tert-OH is 1. The fourth-order valence-corrected chi connectivity index (χ4v) is 9.72. The Balaban J connectivity index is 1.54. The molecule has 3 heterocycles. The van der Waals surface area contributed by atoms with Gasteiger partial charge in [-0.05, 0) is 48.6 Å². The number of carbonyl (C=O) groups excluding carboxylic acids is 3. The van der Waals surface area contributed by atoms with E-state index >= 15 is 0 Å². The Hall–Kier alpha value is -3.07. The van der Waals surface area contributed by atoms with Crippen LogP contribution in [0.5, 0.6) is 0 Å². The summed E-state index contributed by atoms with van der Waals surface area (Å²) in [6.45, 7) is 11.0. The number of anilines is 1. The maximum Gasteiger partial charge on any atom is 0.251 e. The normalized spacial score (nSPS) is 27.5. The number of aliphatic hydroxyl groups is 1. The molecule has 1 N–H and O–H groups in total. The van der Waals surface area contributed by atoms with Crippen molar-refractivity contribution in [2.45, 2.75) is 42.3 Å². The largest absolute Gasteiger partial charge is 0.396 e. The van der Waals surface area contributed by atoms with Crippen LogP contribution in [0.4, 0.5) is 5.69 Å². The van der Waals surface area contributed by atoms with Crippen LogP contribution in [0.15, 0.2) is 79.9 Å². The molecule has 2 aromatic rings. The Kier molecular flexibility index (Phi) is 9.16. The highest BCUT2D eigenvalue weighted by atomic mass is 35.5.